The van der Waals surface area contributed by atoms with Gasteiger partial charge in [0, 0.05) is 42.8 Å². The van der Waals surface area contributed by atoms with Crippen LogP contribution < -0.4 is 5.32 Å². The van der Waals surface area contributed by atoms with E-state index in [-0.39, 0.29) is 11.9 Å². The maximum absolute atomic E-state index is 12.3. The number of nitrogens with zero attached hydrogens (tertiary/aromatic N) is 3. The van der Waals surface area contributed by atoms with Crippen LogP contribution in [0.15, 0.2) is 43.0 Å². The highest BCUT2D eigenvalue weighted by atomic mass is 32.2. The molecule has 7 nitrogen and oxygen atoms in total. The Morgan fingerprint density at radius 2 is 1.88 bits per heavy atom. The van der Waals surface area contributed by atoms with E-state index >= 15 is 0 Å². The highest BCUT2D eigenvalue weighted by Gasteiger charge is 2.25. The van der Waals surface area contributed by atoms with Gasteiger partial charge in [-0.2, -0.15) is 0 Å². The summed E-state index contributed by atoms with van der Waals surface area (Å²) in [6, 6.07) is 7.28. The molecule has 1 aliphatic heterocycles. The van der Waals surface area contributed by atoms with Crippen molar-refractivity contribution >= 4 is 15.9 Å². The van der Waals surface area contributed by atoms with E-state index in [0.717, 1.165) is 5.69 Å². The van der Waals surface area contributed by atoms with Crippen molar-refractivity contribution in [3.63, 3.8) is 0 Å². The van der Waals surface area contributed by atoms with Gasteiger partial charge in [-0.05, 0) is 37.1 Å². The van der Waals surface area contributed by atoms with Crippen LogP contribution in [-0.4, -0.2) is 53.6 Å². The summed E-state index contributed by atoms with van der Waals surface area (Å²) in [4.78, 5) is 16.3. The molecule has 1 amide bonds. The van der Waals surface area contributed by atoms with Crippen molar-refractivity contribution in [3.05, 3.63) is 48.5 Å². The van der Waals surface area contributed by atoms with Gasteiger partial charge in [0.2, 0.25) is 10.0 Å². The minimum absolute atomic E-state index is 0.00354. The standard InChI is InChI=1S/C16H20N4O3S/c1-24(22,23)20-9-6-14(7-10-20)18-16(21)13-2-4-15(5-3-13)19-11-8-17-12-19/h2-5,8,11-12,14H,6-7,9-10H2,1H3,(H,18,21). The number of aromatic nitrogens is 2. The van der Waals surface area contributed by atoms with Crippen LogP contribution in [0.2, 0.25) is 0 Å². The van der Waals surface area contributed by atoms with Gasteiger partial charge in [0.25, 0.3) is 5.91 Å². The number of sulfonamides is 1. The first kappa shape index (κ1) is 16.7. The smallest absolute Gasteiger partial charge is 0.251 e. The molecular formula is C16H20N4O3S. The molecule has 0 spiro atoms. The van der Waals surface area contributed by atoms with Gasteiger partial charge in [-0.3, -0.25) is 4.79 Å². The second-order valence-electron chi connectivity index (χ2n) is 5.93. The first-order chi connectivity index (χ1) is 11.4. The number of imidazole rings is 1. The van der Waals surface area contributed by atoms with E-state index in [1.165, 1.54) is 10.6 Å². The average molecular weight is 348 g/mol. The largest absolute Gasteiger partial charge is 0.349 e. The van der Waals surface area contributed by atoms with E-state index in [9.17, 15) is 13.2 Å². The van der Waals surface area contributed by atoms with Crippen LogP contribution in [0.1, 0.15) is 23.2 Å². The lowest BCUT2D eigenvalue weighted by atomic mass is 10.1. The Bertz CT molecular complexity index is 792. The third kappa shape index (κ3) is 3.82. The molecular weight excluding hydrogens is 328 g/mol. The first-order valence-electron chi connectivity index (χ1n) is 7.78. The van der Waals surface area contributed by atoms with Crippen molar-refractivity contribution in [2.24, 2.45) is 0 Å². The van der Waals surface area contributed by atoms with Crippen LogP contribution in [0.4, 0.5) is 0 Å². The molecule has 3 rings (SSSR count). The summed E-state index contributed by atoms with van der Waals surface area (Å²) in [6.45, 7) is 0.896. The van der Waals surface area contributed by atoms with Gasteiger partial charge < -0.3 is 9.88 Å². The van der Waals surface area contributed by atoms with Gasteiger partial charge in [-0.1, -0.05) is 0 Å². The van der Waals surface area contributed by atoms with Gasteiger partial charge in [0.05, 0.1) is 12.6 Å². The van der Waals surface area contributed by atoms with E-state index in [4.69, 9.17) is 0 Å². The molecule has 1 saturated heterocycles. The molecule has 8 heteroatoms. The summed E-state index contributed by atoms with van der Waals surface area (Å²) in [5, 5.41) is 2.98. The van der Waals surface area contributed by atoms with Crippen molar-refractivity contribution < 1.29 is 13.2 Å². The van der Waals surface area contributed by atoms with Crippen molar-refractivity contribution in [2.75, 3.05) is 19.3 Å². The van der Waals surface area contributed by atoms with E-state index < -0.39 is 10.0 Å². The fraction of sp³-hybridized carbons (Fsp3) is 0.375. The minimum atomic E-state index is -3.14. The number of amides is 1. The highest BCUT2D eigenvalue weighted by Crippen LogP contribution is 2.14. The maximum Gasteiger partial charge on any atom is 0.251 e. The Hall–Kier alpha value is -2.19. The van der Waals surface area contributed by atoms with Crippen LogP contribution in [0.3, 0.4) is 0 Å². The summed E-state index contributed by atoms with van der Waals surface area (Å²) in [5.74, 6) is -0.134. The van der Waals surface area contributed by atoms with Crippen LogP contribution in [0.5, 0.6) is 0 Å². The van der Waals surface area contributed by atoms with Gasteiger partial charge in [-0.15, -0.1) is 0 Å². The summed E-state index contributed by atoms with van der Waals surface area (Å²) >= 11 is 0. The van der Waals surface area contributed by atoms with Crippen molar-refractivity contribution in [3.8, 4) is 5.69 Å². The van der Waals surface area contributed by atoms with Crippen LogP contribution in [0.25, 0.3) is 5.69 Å². The number of hydrogen-bond acceptors (Lipinski definition) is 4. The number of piperidine rings is 1. The van der Waals surface area contributed by atoms with Crippen molar-refractivity contribution in [2.45, 2.75) is 18.9 Å². The van der Waals surface area contributed by atoms with Crippen LogP contribution in [0, 0.1) is 0 Å². The number of benzene rings is 1. The summed E-state index contributed by atoms with van der Waals surface area (Å²) < 4.78 is 26.3. The predicted octanol–water partition coefficient (Wildman–Crippen LogP) is 1.03. The van der Waals surface area contributed by atoms with E-state index in [2.05, 4.69) is 10.3 Å². The normalized spacial score (nSPS) is 16.9. The van der Waals surface area contributed by atoms with Crippen molar-refractivity contribution in [1.29, 1.82) is 0 Å². The molecule has 0 saturated carbocycles. The molecule has 1 aromatic heterocycles. The quantitative estimate of drug-likeness (QED) is 0.894. The molecule has 1 aromatic carbocycles. The molecule has 0 bridgehead atoms. The monoisotopic (exact) mass is 348 g/mol. The topological polar surface area (TPSA) is 84.3 Å². The summed E-state index contributed by atoms with van der Waals surface area (Å²) in [7, 11) is -3.14. The molecule has 0 atom stereocenters. The Morgan fingerprint density at radius 1 is 1.21 bits per heavy atom. The Labute approximate surface area is 141 Å². The molecule has 0 aliphatic carbocycles. The Balaban J connectivity index is 1.58. The lowest BCUT2D eigenvalue weighted by Gasteiger charge is -2.30. The predicted molar refractivity (Wildman–Crippen MR) is 90.5 cm³/mol. The molecule has 1 aliphatic rings. The molecule has 1 N–H and O–H groups in total. The third-order valence-corrected chi connectivity index (χ3v) is 5.49. The number of carbonyl (C=O) groups is 1. The van der Waals surface area contributed by atoms with Gasteiger partial charge >= 0.3 is 0 Å². The molecule has 2 heterocycles. The van der Waals surface area contributed by atoms with Crippen LogP contribution in [-0.2, 0) is 10.0 Å². The zero-order valence-electron chi connectivity index (χ0n) is 13.4. The number of carbonyl (C=O) groups excluding carboxylic acids is 1. The third-order valence-electron chi connectivity index (χ3n) is 4.19. The average Bonchev–Trinajstić information content (AvgIpc) is 3.09. The molecule has 0 radical (unpaired) electrons. The van der Waals surface area contributed by atoms with E-state index in [0.29, 0.717) is 31.5 Å². The fourth-order valence-electron chi connectivity index (χ4n) is 2.80. The minimum Gasteiger partial charge on any atom is -0.349 e. The fourth-order valence-corrected chi connectivity index (χ4v) is 3.67. The molecule has 2 aromatic rings. The maximum atomic E-state index is 12.3. The van der Waals surface area contributed by atoms with E-state index in [1.807, 2.05) is 22.9 Å². The first-order valence-corrected chi connectivity index (χ1v) is 9.63. The van der Waals surface area contributed by atoms with Crippen LogP contribution >= 0.6 is 0 Å². The highest BCUT2D eigenvalue weighted by molar-refractivity contribution is 7.88. The summed E-state index contributed by atoms with van der Waals surface area (Å²) in [6.07, 6.45) is 7.71. The SMILES string of the molecule is CS(=O)(=O)N1CCC(NC(=O)c2ccc(-n3ccnc3)cc2)CC1. The second kappa shape index (κ2) is 6.74. The second-order valence-corrected chi connectivity index (χ2v) is 7.91. The lowest BCUT2D eigenvalue weighted by molar-refractivity contribution is 0.0924. The van der Waals surface area contributed by atoms with Crippen molar-refractivity contribution in [1.82, 2.24) is 19.2 Å². The van der Waals surface area contributed by atoms with Gasteiger partial charge in [0.15, 0.2) is 0 Å². The lowest BCUT2D eigenvalue weighted by Crippen LogP contribution is -2.46. The molecule has 1 fully saturated rings. The molecule has 128 valence electrons. The zero-order valence-corrected chi connectivity index (χ0v) is 14.2. The number of nitrogens with one attached hydrogen (secondary N) is 1. The van der Waals surface area contributed by atoms with Gasteiger partial charge in [0.1, 0.15) is 0 Å². The number of hydrogen-bond donors (Lipinski definition) is 1. The number of rotatable bonds is 4. The zero-order chi connectivity index (χ0) is 17.2. The summed E-state index contributed by atoms with van der Waals surface area (Å²) in [5.41, 5.74) is 1.52. The Kier molecular flexibility index (Phi) is 4.68. The molecule has 0 unspecified atom stereocenters. The molecule has 24 heavy (non-hydrogen) atoms. The Morgan fingerprint density at radius 3 is 2.42 bits per heavy atom. The van der Waals surface area contributed by atoms with Gasteiger partial charge in [-0.25, -0.2) is 17.7 Å². The van der Waals surface area contributed by atoms with E-state index in [1.54, 1.807) is 24.7 Å².